The minimum atomic E-state index is 0.669. The molecule has 1 atom stereocenters. The van der Waals surface area contributed by atoms with Crippen LogP contribution >= 0.6 is 0 Å². The summed E-state index contributed by atoms with van der Waals surface area (Å²) in [6.45, 7) is 4.71. The number of nitrogens with one attached hydrogen (secondary N) is 1. The molecule has 0 radical (unpaired) electrons. The Balaban J connectivity index is 1.55. The predicted molar refractivity (Wildman–Crippen MR) is 56.3 cm³/mol. The van der Waals surface area contributed by atoms with E-state index in [1.807, 2.05) is 0 Å². The van der Waals surface area contributed by atoms with Gasteiger partial charge in [0.05, 0.1) is 6.20 Å². The minimum absolute atomic E-state index is 0.669. The Labute approximate surface area is 89.6 Å². The molecular formula is C11H17N3O. The third-order valence-corrected chi connectivity index (χ3v) is 3.71. The van der Waals surface area contributed by atoms with Gasteiger partial charge in [0.25, 0.3) is 0 Å². The van der Waals surface area contributed by atoms with Crippen LogP contribution in [0.25, 0.3) is 0 Å². The summed E-state index contributed by atoms with van der Waals surface area (Å²) in [7, 11) is 0. The monoisotopic (exact) mass is 207 g/mol. The molecule has 82 valence electrons. The first-order chi connectivity index (χ1) is 7.42. The number of aromatic nitrogens is 1. The summed E-state index contributed by atoms with van der Waals surface area (Å²) in [5.41, 5.74) is 1.14. The molecule has 15 heavy (non-hydrogen) atoms. The number of nitrogens with zero attached hydrogens (tertiary/aromatic N) is 2. The second-order valence-corrected chi connectivity index (χ2v) is 4.66. The molecule has 0 spiro atoms. The van der Waals surface area contributed by atoms with Gasteiger partial charge in [-0.3, -0.25) is 0 Å². The van der Waals surface area contributed by atoms with E-state index >= 15 is 0 Å². The summed E-state index contributed by atoms with van der Waals surface area (Å²) >= 11 is 0. The largest absolute Gasteiger partial charge is 0.364 e. The second kappa shape index (κ2) is 3.94. The van der Waals surface area contributed by atoms with E-state index in [9.17, 15) is 0 Å². The van der Waals surface area contributed by atoms with Crippen LogP contribution in [-0.2, 0) is 6.54 Å². The number of hydrogen-bond acceptors (Lipinski definition) is 4. The number of rotatable bonds is 3. The zero-order chi connectivity index (χ0) is 10.1. The fourth-order valence-corrected chi connectivity index (χ4v) is 2.76. The first kappa shape index (κ1) is 9.36. The van der Waals surface area contributed by atoms with Crippen LogP contribution in [0, 0.1) is 5.92 Å². The molecule has 4 heterocycles. The van der Waals surface area contributed by atoms with Gasteiger partial charge in [0, 0.05) is 24.7 Å². The van der Waals surface area contributed by atoms with Gasteiger partial charge < -0.3 is 14.7 Å². The lowest BCUT2D eigenvalue weighted by Crippen LogP contribution is -2.55. The zero-order valence-corrected chi connectivity index (χ0v) is 8.85. The number of piperidine rings is 3. The molecule has 3 aliphatic rings. The molecule has 4 heteroatoms. The van der Waals surface area contributed by atoms with Gasteiger partial charge in [0.15, 0.2) is 0 Å². The first-order valence-electron chi connectivity index (χ1n) is 5.76. The molecule has 1 N–H and O–H groups in total. The van der Waals surface area contributed by atoms with Gasteiger partial charge >= 0.3 is 0 Å². The van der Waals surface area contributed by atoms with E-state index in [2.05, 4.69) is 15.4 Å². The highest BCUT2D eigenvalue weighted by Gasteiger charge is 2.33. The molecule has 0 saturated carbocycles. The van der Waals surface area contributed by atoms with E-state index in [-0.39, 0.29) is 0 Å². The maximum absolute atomic E-state index is 4.82. The Kier molecular flexibility index (Phi) is 2.46. The molecule has 3 fully saturated rings. The van der Waals surface area contributed by atoms with Crippen LogP contribution < -0.4 is 5.32 Å². The molecule has 4 nitrogen and oxygen atoms in total. The van der Waals surface area contributed by atoms with Crippen molar-refractivity contribution in [3.63, 3.8) is 0 Å². The van der Waals surface area contributed by atoms with Gasteiger partial charge in [-0.05, 0) is 31.8 Å². The van der Waals surface area contributed by atoms with E-state index in [1.54, 1.807) is 12.5 Å². The smallest absolute Gasteiger partial charge is 0.128 e. The maximum atomic E-state index is 4.82. The number of fused-ring (bicyclic) bond motifs is 3. The third-order valence-electron chi connectivity index (χ3n) is 3.71. The quantitative estimate of drug-likeness (QED) is 0.798. The Hall–Kier alpha value is -0.870. The molecule has 3 saturated heterocycles. The molecule has 0 aromatic carbocycles. The fourth-order valence-electron chi connectivity index (χ4n) is 2.76. The lowest BCUT2D eigenvalue weighted by Gasteiger charge is -2.45. The minimum Gasteiger partial charge on any atom is -0.364 e. The van der Waals surface area contributed by atoms with Gasteiger partial charge in [-0.15, -0.1) is 0 Å². The van der Waals surface area contributed by atoms with Gasteiger partial charge in [-0.25, -0.2) is 0 Å². The summed E-state index contributed by atoms with van der Waals surface area (Å²) in [4.78, 5) is 2.56. The Bertz CT molecular complexity index is 304. The Morgan fingerprint density at radius 3 is 2.93 bits per heavy atom. The van der Waals surface area contributed by atoms with Crippen molar-refractivity contribution in [2.24, 2.45) is 5.92 Å². The molecule has 0 aliphatic carbocycles. The maximum Gasteiger partial charge on any atom is 0.128 e. The normalized spacial score (nSPS) is 34.5. The average molecular weight is 207 g/mol. The second-order valence-electron chi connectivity index (χ2n) is 4.66. The van der Waals surface area contributed by atoms with Crippen molar-refractivity contribution in [3.05, 3.63) is 18.0 Å². The molecule has 2 bridgehead atoms. The summed E-state index contributed by atoms with van der Waals surface area (Å²) in [6, 6.07) is 0.669. The van der Waals surface area contributed by atoms with Crippen LogP contribution in [0.5, 0.6) is 0 Å². The fraction of sp³-hybridized carbons (Fsp3) is 0.727. The van der Waals surface area contributed by atoms with E-state index < -0.39 is 0 Å². The van der Waals surface area contributed by atoms with Crippen LogP contribution in [0.3, 0.4) is 0 Å². The summed E-state index contributed by atoms with van der Waals surface area (Å²) < 4.78 is 4.82. The topological polar surface area (TPSA) is 41.3 Å². The molecular weight excluding hydrogens is 190 g/mol. The zero-order valence-electron chi connectivity index (χ0n) is 8.85. The summed E-state index contributed by atoms with van der Waals surface area (Å²) in [5, 5.41) is 7.32. The Morgan fingerprint density at radius 2 is 2.33 bits per heavy atom. The highest BCUT2D eigenvalue weighted by molar-refractivity contribution is 5.01. The van der Waals surface area contributed by atoms with Crippen LogP contribution in [0.15, 0.2) is 17.0 Å². The van der Waals surface area contributed by atoms with E-state index in [4.69, 9.17) is 4.52 Å². The van der Waals surface area contributed by atoms with Crippen molar-refractivity contribution >= 4 is 0 Å². The lowest BCUT2D eigenvalue weighted by atomic mass is 9.84. The molecule has 0 amide bonds. The van der Waals surface area contributed by atoms with Crippen LogP contribution in [-0.4, -0.2) is 35.7 Å². The van der Waals surface area contributed by atoms with Crippen LogP contribution in [0.4, 0.5) is 0 Å². The summed E-state index contributed by atoms with van der Waals surface area (Å²) in [6.07, 6.45) is 6.23. The molecule has 1 aromatic rings. The van der Waals surface area contributed by atoms with E-state index in [0.29, 0.717) is 6.04 Å². The van der Waals surface area contributed by atoms with Crippen molar-refractivity contribution in [3.8, 4) is 0 Å². The van der Waals surface area contributed by atoms with Crippen molar-refractivity contribution in [1.82, 2.24) is 15.4 Å². The first-order valence-corrected chi connectivity index (χ1v) is 5.76. The SMILES string of the molecule is c1nocc1CNC1CN2CCC1CC2. The van der Waals surface area contributed by atoms with Crippen LogP contribution in [0.2, 0.25) is 0 Å². The van der Waals surface area contributed by atoms with E-state index in [0.717, 1.165) is 18.0 Å². The molecule has 1 unspecified atom stereocenters. The highest BCUT2D eigenvalue weighted by Crippen LogP contribution is 2.27. The molecule has 1 aromatic heterocycles. The van der Waals surface area contributed by atoms with Gasteiger partial charge in [0.1, 0.15) is 6.26 Å². The standard InChI is InChI=1S/C11H17N3O/c1-3-14-4-2-10(1)11(7-14)12-5-9-6-13-15-8-9/h6,8,10-12H,1-5,7H2. The van der Waals surface area contributed by atoms with Gasteiger partial charge in [0.2, 0.25) is 0 Å². The van der Waals surface area contributed by atoms with E-state index in [1.165, 1.54) is 32.5 Å². The van der Waals surface area contributed by atoms with Crippen molar-refractivity contribution in [1.29, 1.82) is 0 Å². The van der Waals surface area contributed by atoms with Gasteiger partial charge in [-0.2, -0.15) is 0 Å². The van der Waals surface area contributed by atoms with Crippen molar-refractivity contribution in [2.75, 3.05) is 19.6 Å². The molecule has 4 rings (SSSR count). The predicted octanol–water partition coefficient (Wildman–Crippen LogP) is 0.858. The number of hydrogen-bond donors (Lipinski definition) is 1. The van der Waals surface area contributed by atoms with Crippen molar-refractivity contribution < 1.29 is 4.52 Å². The van der Waals surface area contributed by atoms with Gasteiger partial charge in [-0.1, -0.05) is 5.16 Å². The van der Waals surface area contributed by atoms with Crippen LogP contribution in [0.1, 0.15) is 18.4 Å². The lowest BCUT2D eigenvalue weighted by molar-refractivity contribution is 0.0720. The average Bonchev–Trinajstić information content (AvgIpc) is 2.81. The highest BCUT2D eigenvalue weighted by atomic mass is 16.5. The summed E-state index contributed by atoms with van der Waals surface area (Å²) in [5.74, 6) is 0.884. The Morgan fingerprint density at radius 1 is 1.47 bits per heavy atom. The van der Waals surface area contributed by atoms with Crippen molar-refractivity contribution in [2.45, 2.75) is 25.4 Å². The molecule has 3 aliphatic heterocycles. The third kappa shape index (κ3) is 1.92.